The minimum Gasteiger partial charge on any atom is -0.492 e. The van der Waals surface area contributed by atoms with Crippen molar-refractivity contribution in [1.29, 1.82) is 0 Å². The number of ether oxygens (including phenoxy) is 1. The Morgan fingerprint density at radius 3 is 2.52 bits per heavy atom. The minimum absolute atomic E-state index is 0.0312. The zero-order chi connectivity index (χ0) is 18.9. The number of carbonyl (C=O) groups excluding carboxylic acids is 1. The lowest BCUT2D eigenvalue weighted by Gasteiger charge is -2.37. The molecule has 0 radical (unpaired) electrons. The molecule has 1 atom stereocenters. The largest absolute Gasteiger partial charge is 0.492 e. The van der Waals surface area contributed by atoms with Gasteiger partial charge < -0.3 is 10.1 Å². The first kappa shape index (κ1) is 20.2. The number of carbonyl (C=O) groups is 1. The molecule has 2 fully saturated rings. The number of rotatable bonds is 8. The number of nitrogens with zero attached hydrogens (tertiary/aromatic N) is 2. The van der Waals surface area contributed by atoms with Crippen molar-refractivity contribution in [3.8, 4) is 5.75 Å². The molecule has 5 nitrogen and oxygen atoms in total. The van der Waals surface area contributed by atoms with Crippen molar-refractivity contribution in [3.05, 3.63) is 30.3 Å². The highest BCUT2D eigenvalue weighted by Gasteiger charge is 2.26. The lowest BCUT2D eigenvalue weighted by atomic mass is 9.89. The summed E-state index contributed by atoms with van der Waals surface area (Å²) in [5, 5.41) is 3.20. The van der Waals surface area contributed by atoms with Gasteiger partial charge in [-0.15, -0.1) is 0 Å². The molecule has 3 rings (SSSR count). The van der Waals surface area contributed by atoms with E-state index in [1.807, 2.05) is 37.3 Å². The van der Waals surface area contributed by atoms with Gasteiger partial charge in [-0.3, -0.25) is 14.6 Å². The molecule has 0 spiro atoms. The van der Waals surface area contributed by atoms with E-state index < -0.39 is 0 Å². The summed E-state index contributed by atoms with van der Waals surface area (Å²) in [5.41, 5.74) is 0. The van der Waals surface area contributed by atoms with Crippen LogP contribution in [0, 0.1) is 5.92 Å². The Balaban J connectivity index is 1.31. The van der Waals surface area contributed by atoms with Crippen molar-refractivity contribution in [1.82, 2.24) is 15.1 Å². The average Bonchev–Trinajstić information content (AvgIpc) is 2.73. The van der Waals surface area contributed by atoms with E-state index in [4.69, 9.17) is 4.74 Å². The lowest BCUT2D eigenvalue weighted by Crippen LogP contribution is -2.54. The summed E-state index contributed by atoms with van der Waals surface area (Å²) >= 11 is 0. The number of piperazine rings is 1. The zero-order valence-corrected chi connectivity index (χ0v) is 16.7. The first-order chi connectivity index (χ1) is 13.2. The molecule has 1 aromatic carbocycles. The molecule has 150 valence electrons. The van der Waals surface area contributed by atoms with Crippen LogP contribution in [-0.4, -0.2) is 67.6 Å². The second-order valence-electron chi connectivity index (χ2n) is 7.96. The summed E-state index contributed by atoms with van der Waals surface area (Å²) in [5.74, 6) is 1.82. The molecule has 1 N–H and O–H groups in total. The molecule has 1 heterocycles. The van der Waals surface area contributed by atoms with Gasteiger partial charge in [0.25, 0.3) is 0 Å². The Labute approximate surface area is 164 Å². The summed E-state index contributed by atoms with van der Waals surface area (Å²) in [6, 6.07) is 9.94. The third-order valence-corrected chi connectivity index (χ3v) is 6.04. The van der Waals surface area contributed by atoms with E-state index in [0.717, 1.165) is 45.0 Å². The van der Waals surface area contributed by atoms with Crippen LogP contribution in [0.3, 0.4) is 0 Å². The van der Waals surface area contributed by atoms with Gasteiger partial charge in [0.1, 0.15) is 12.4 Å². The van der Waals surface area contributed by atoms with Crippen LogP contribution in [0.2, 0.25) is 0 Å². The highest BCUT2D eigenvalue weighted by molar-refractivity contribution is 5.81. The van der Waals surface area contributed by atoms with Crippen LogP contribution in [0.25, 0.3) is 0 Å². The molecule has 5 heteroatoms. The summed E-state index contributed by atoms with van der Waals surface area (Å²) in [6.45, 7) is 8.44. The number of amides is 1. The third kappa shape index (κ3) is 6.51. The summed E-state index contributed by atoms with van der Waals surface area (Å²) in [6.07, 6.45) is 6.57. The molecule has 0 bridgehead atoms. The van der Waals surface area contributed by atoms with Crippen LogP contribution in [-0.2, 0) is 4.79 Å². The molecule has 1 aromatic rings. The van der Waals surface area contributed by atoms with Crippen molar-refractivity contribution in [2.24, 2.45) is 5.92 Å². The van der Waals surface area contributed by atoms with Crippen LogP contribution in [0.5, 0.6) is 5.75 Å². The maximum Gasteiger partial charge on any atom is 0.237 e. The molecule has 0 aromatic heterocycles. The van der Waals surface area contributed by atoms with E-state index in [-0.39, 0.29) is 11.9 Å². The minimum atomic E-state index is -0.0312. The highest BCUT2D eigenvalue weighted by Crippen LogP contribution is 2.22. The Hall–Kier alpha value is -1.59. The Bertz CT molecular complexity index is 552. The van der Waals surface area contributed by atoms with Gasteiger partial charge in [0.05, 0.1) is 6.04 Å². The Morgan fingerprint density at radius 2 is 1.81 bits per heavy atom. The molecule has 1 saturated heterocycles. The van der Waals surface area contributed by atoms with Gasteiger partial charge in [0, 0.05) is 39.3 Å². The van der Waals surface area contributed by atoms with E-state index in [1.165, 1.54) is 32.1 Å². The van der Waals surface area contributed by atoms with Crippen LogP contribution < -0.4 is 10.1 Å². The normalized spacial score (nSPS) is 20.9. The van der Waals surface area contributed by atoms with E-state index in [0.29, 0.717) is 12.5 Å². The van der Waals surface area contributed by atoms with Gasteiger partial charge in [0.2, 0.25) is 5.91 Å². The summed E-state index contributed by atoms with van der Waals surface area (Å²) < 4.78 is 5.79. The van der Waals surface area contributed by atoms with Crippen molar-refractivity contribution in [3.63, 3.8) is 0 Å². The average molecular weight is 374 g/mol. The van der Waals surface area contributed by atoms with Crippen LogP contribution >= 0.6 is 0 Å². The first-order valence-corrected chi connectivity index (χ1v) is 10.6. The molecular weight excluding hydrogens is 338 g/mol. The standard InChI is InChI=1S/C22H35N3O2/c1-19(22(26)23-18-20-8-4-2-5-9-20)25-14-12-24(13-15-25)16-17-27-21-10-6-3-7-11-21/h3,6-7,10-11,19-20H,2,4-5,8-9,12-18H2,1H3,(H,23,26). The maximum atomic E-state index is 12.5. The number of para-hydroxylation sites is 1. The fourth-order valence-electron chi connectivity index (χ4n) is 4.13. The van der Waals surface area contributed by atoms with E-state index in [9.17, 15) is 4.79 Å². The third-order valence-electron chi connectivity index (χ3n) is 6.04. The number of hydrogen-bond acceptors (Lipinski definition) is 4. The van der Waals surface area contributed by atoms with E-state index in [2.05, 4.69) is 15.1 Å². The van der Waals surface area contributed by atoms with Gasteiger partial charge in [-0.05, 0) is 37.8 Å². The predicted molar refractivity (Wildman–Crippen MR) is 109 cm³/mol. The molecular formula is C22H35N3O2. The Kier molecular flexibility index (Phi) is 7.96. The van der Waals surface area contributed by atoms with Crippen molar-refractivity contribution in [2.75, 3.05) is 45.9 Å². The molecule has 1 unspecified atom stereocenters. The van der Waals surface area contributed by atoms with Crippen molar-refractivity contribution in [2.45, 2.75) is 45.1 Å². The van der Waals surface area contributed by atoms with E-state index >= 15 is 0 Å². The number of hydrogen-bond donors (Lipinski definition) is 1. The predicted octanol–water partition coefficient (Wildman–Crippen LogP) is 2.77. The van der Waals surface area contributed by atoms with Gasteiger partial charge in [0.15, 0.2) is 0 Å². The fraction of sp³-hybridized carbons (Fsp3) is 0.682. The molecule has 1 aliphatic carbocycles. The maximum absolute atomic E-state index is 12.5. The summed E-state index contributed by atoms with van der Waals surface area (Å²) in [7, 11) is 0. The first-order valence-electron chi connectivity index (χ1n) is 10.6. The fourth-order valence-corrected chi connectivity index (χ4v) is 4.13. The lowest BCUT2D eigenvalue weighted by molar-refractivity contribution is -0.126. The molecule has 27 heavy (non-hydrogen) atoms. The summed E-state index contributed by atoms with van der Waals surface area (Å²) in [4.78, 5) is 17.2. The second-order valence-corrected chi connectivity index (χ2v) is 7.96. The highest BCUT2D eigenvalue weighted by atomic mass is 16.5. The van der Waals surface area contributed by atoms with Crippen LogP contribution in [0.4, 0.5) is 0 Å². The molecule has 1 aliphatic heterocycles. The quantitative estimate of drug-likeness (QED) is 0.761. The van der Waals surface area contributed by atoms with Crippen molar-refractivity contribution >= 4 is 5.91 Å². The monoisotopic (exact) mass is 373 g/mol. The zero-order valence-electron chi connectivity index (χ0n) is 16.7. The molecule has 1 saturated carbocycles. The van der Waals surface area contributed by atoms with Crippen LogP contribution in [0.1, 0.15) is 39.0 Å². The SMILES string of the molecule is CC(C(=O)NCC1CCCCC1)N1CCN(CCOc2ccccc2)CC1. The molecule has 1 amide bonds. The number of benzene rings is 1. The van der Waals surface area contributed by atoms with Crippen LogP contribution in [0.15, 0.2) is 30.3 Å². The van der Waals surface area contributed by atoms with Gasteiger partial charge >= 0.3 is 0 Å². The smallest absolute Gasteiger partial charge is 0.237 e. The van der Waals surface area contributed by atoms with Gasteiger partial charge in [-0.25, -0.2) is 0 Å². The second kappa shape index (κ2) is 10.7. The molecule has 2 aliphatic rings. The van der Waals surface area contributed by atoms with E-state index in [1.54, 1.807) is 0 Å². The number of nitrogens with one attached hydrogen (secondary N) is 1. The topological polar surface area (TPSA) is 44.8 Å². The van der Waals surface area contributed by atoms with Gasteiger partial charge in [-0.2, -0.15) is 0 Å². The van der Waals surface area contributed by atoms with Crippen molar-refractivity contribution < 1.29 is 9.53 Å². The Morgan fingerprint density at radius 1 is 1.11 bits per heavy atom. The van der Waals surface area contributed by atoms with Gasteiger partial charge in [-0.1, -0.05) is 37.5 Å².